The molecule has 1 aliphatic heterocycles. The summed E-state index contributed by atoms with van der Waals surface area (Å²) in [6.45, 7) is 13.9. The van der Waals surface area contributed by atoms with Gasteiger partial charge in [0.1, 0.15) is 0 Å². The van der Waals surface area contributed by atoms with Crippen molar-refractivity contribution in [2.24, 2.45) is 0 Å². The van der Waals surface area contributed by atoms with Gasteiger partial charge in [0.2, 0.25) is 0 Å². The number of aryl methyl sites for hydroxylation is 1. The van der Waals surface area contributed by atoms with Crippen molar-refractivity contribution in [3.05, 3.63) is 29.8 Å². The summed E-state index contributed by atoms with van der Waals surface area (Å²) in [4.78, 5) is -0.0579. The molecule has 0 amide bonds. The van der Waals surface area contributed by atoms with Crippen LogP contribution in [0.15, 0.2) is 29.2 Å². The Morgan fingerprint density at radius 3 is 2.29 bits per heavy atom. The zero-order chi connectivity index (χ0) is 18.6. The highest BCUT2D eigenvalue weighted by Gasteiger charge is 2.47. The molecule has 138 valence electrons. The minimum absolute atomic E-state index is 0.0579. The van der Waals surface area contributed by atoms with Gasteiger partial charge in [-0.25, -0.2) is 0 Å². The molecule has 24 heavy (non-hydrogen) atoms. The van der Waals surface area contributed by atoms with Gasteiger partial charge in [0.25, 0.3) is 10.1 Å². The van der Waals surface area contributed by atoms with E-state index in [1.165, 1.54) is 37.4 Å². The van der Waals surface area contributed by atoms with Crippen molar-refractivity contribution in [1.29, 1.82) is 0 Å². The van der Waals surface area contributed by atoms with Gasteiger partial charge in [0.05, 0.1) is 12.5 Å². The normalized spacial score (nSPS) is 22.4. The molecule has 1 fully saturated rings. The Hall–Kier alpha value is -0.476. The van der Waals surface area contributed by atoms with Crippen molar-refractivity contribution in [2.45, 2.75) is 76.3 Å². The van der Waals surface area contributed by atoms with Gasteiger partial charge in [-0.1, -0.05) is 44.6 Å². The maximum absolute atomic E-state index is 10.5. The van der Waals surface area contributed by atoms with E-state index in [9.17, 15) is 8.42 Å². The fourth-order valence-electron chi connectivity index (χ4n) is 2.76. The molecule has 0 spiro atoms. The van der Waals surface area contributed by atoms with Crippen LogP contribution in [0.1, 0.15) is 31.7 Å². The lowest BCUT2D eigenvalue weighted by molar-refractivity contribution is 0.174. The number of benzene rings is 1. The molecule has 4 nitrogen and oxygen atoms in total. The van der Waals surface area contributed by atoms with Crippen LogP contribution >= 0.6 is 0 Å². The molecule has 1 aromatic carbocycles. The second-order valence-corrected chi connectivity index (χ2v) is 24.4. The van der Waals surface area contributed by atoms with Gasteiger partial charge in [-0.05, 0) is 50.6 Å². The van der Waals surface area contributed by atoms with Gasteiger partial charge in [-0.3, -0.25) is 4.55 Å². The molecule has 1 heterocycles. The maximum atomic E-state index is 10.5. The van der Waals surface area contributed by atoms with E-state index in [1.807, 2.05) is 0 Å². The Morgan fingerprint density at radius 1 is 1.25 bits per heavy atom. The summed E-state index contributed by atoms with van der Waals surface area (Å²) >= 11 is 0. The second-order valence-electron chi connectivity index (χ2n) is 7.75. The van der Waals surface area contributed by atoms with Gasteiger partial charge >= 0.3 is 0 Å². The Morgan fingerprint density at radius 2 is 1.88 bits per heavy atom. The average molecular weight is 389 g/mol. The number of hydrogen-bond donors (Lipinski definition) is 1. The fraction of sp³-hybridized carbons (Fsp3) is 0.647. The van der Waals surface area contributed by atoms with E-state index >= 15 is 0 Å². The Labute approximate surface area is 149 Å². The monoisotopic (exact) mass is 388 g/mol. The molecule has 0 bridgehead atoms. The Kier molecular flexibility index (Phi) is 7.43. The van der Waals surface area contributed by atoms with Crippen LogP contribution < -0.4 is 0 Å². The minimum Gasteiger partial charge on any atom is -0.417 e. The zero-order valence-corrected chi connectivity index (χ0v) is 18.6. The molecule has 0 saturated carbocycles. The molecular weight excluding hydrogens is 356 g/mol. The van der Waals surface area contributed by atoms with Crippen molar-refractivity contribution in [3.8, 4) is 0 Å². The van der Waals surface area contributed by atoms with Gasteiger partial charge in [-0.2, -0.15) is 8.42 Å². The zero-order valence-electron chi connectivity index (χ0n) is 15.8. The van der Waals surface area contributed by atoms with E-state index in [0.717, 1.165) is 5.56 Å². The summed E-state index contributed by atoms with van der Waals surface area (Å²) in [5.74, 6) is 0. The van der Waals surface area contributed by atoms with Gasteiger partial charge in [-0.15, -0.1) is 0 Å². The predicted octanol–water partition coefficient (Wildman–Crippen LogP) is 4.81. The van der Waals surface area contributed by atoms with Crippen LogP contribution in [0.3, 0.4) is 0 Å². The molecule has 1 unspecified atom stereocenters. The summed E-state index contributed by atoms with van der Waals surface area (Å²) in [7, 11) is -6.28. The molecule has 1 atom stereocenters. The van der Waals surface area contributed by atoms with Crippen molar-refractivity contribution < 1.29 is 17.4 Å². The van der Waals surface area contributed by atoms with Crippen LogP contribution in [-0.2, 0) is 14.5 Å². The summed E-state index contributed by atoms with van der Waals surface area (Å²) in [5.41, 5.74) is 0.806. The third-order valence-electron chi connectivity index (χ3n) is 5.08. The van der Waals surface area contributed by atoms with Gasteiger partial charge in [0, 0.05) is 6.10 Å². The molecule has 0 aliphatic carbocycles. The van der Waals surface area contributed by atoms with Crippen LogP contribution in [0.2, 0.25) is 32.2 Å². The highest BCUT2D eigenvalue weighted by Crippen LogP contribution is 2.34. The van der Waals surface area contributed by atoms with Crippen molar-refractivity contribution in [3.63, 3.8) is 0 Å². The highest BCUT2D eigenvalue weighted by atomic mass is 32.2. The maximum Gasteiger partial charge on any atom is 0.294 e. The summed E-state index contributed by atoms with van der Waals surface area (Å²) in [6.07, 6.45) is 4.49. The first-order valence-electron chi connectivity index (χ1n) is 8.61. The van der Waals surface area contributed by atoms with Crippen LogP contribution in [0.5, 0.6) is 0 Å². The second kappa shape index (κ2) is 8.27. The van der Waals surface area contributed by atoms with E-state index in [4.69, 9.17) is 8.98 Å². The van der Waals surface area contributed by atoms with Crippen molar-refractivity contribution in [2.75, 3.05) is 0 Å². The average Bonchev–Trinajstić information content (AvgIpc) is 2.43. The first kappa shape index (κ1) is 21.6. The summed E-state index contributed by atoms with van der Waals surface area (Å²) in [5, 5.41) is 0. The first-order chi connectivity index (χ1) is 10.9. The topological polar surface area (TPSA) is 63.6 Å². The van der Waals surface area contributed by atoms with E-state index in [2.05, 4.69) is 33.1 Å². The Balaban J connectivity index is 0.000000243. The Bertz CT molecular complexity index is 642. The lowest BCUT2D eigenvalue weighted by Gasteiger charge is -2.45. The van der Waals surface area contributed by atoms with Crippen molar-refractivity contribution in [1.82, 2.24) is 0 Å². The molecule has 1 aromatic rings. The van der Waals surface area contributed by atoms with Crippen LogP contribution in [0.25, 0.3) is 0 Å². The van der Waals surface area contributed by atoms with Crippen LogP contribution in [-0.4, -0.2) is 34.5 Å². The molecule has 0 radical (unpaired) electrons. The molecular formula is C17H32O4SSi2. The quantitative estimate of drug-likeness (QED) is 0.596. The number of hydrogen-bond acceptors (Lipinski definition) is 3. The lowest BCUT2D eigenvalue weighted by atomic mass is 10.2. The molecule has 7 heteroatoms. The third kappa shape index (κ3) is 6.11. The predicted molar refractivity (Wildman–Crippen MR) is 105 cm³/mol. The van der Waals surface area contributed by atoms with E-state index in [0.29, 0.717) is 6.10 Å². The van der Waals surface area contributed by atoms with Gasteiger partial charge < -0.3 is 4.43 Å². The van der Waals surface area contributed by atoms with Gasteiger partial charge in [0.15, 0.2) is 7.83 Å². The molecule has 1 saturated heterocycles. The first-order valence-corrected chi connectivity index (χ1v) is 17.2. The van der Waals surface area contributed by atoms with E-state index < -0.39 is 25.5 Å². The summed E-state index contributed by atoms with van der Waals surface area (Å²) in [6, 6.07) is 7.60. The largest absolute Gasteiger partial charge is 0.417 e. The third-order valence-corrected chi connectivity index (χ3v) is 22.5. The minimum atomic E-state index is -4.03. The van der Waals surface area contributed by atoms with Crippen LogP contribution in [0, 0.1) is 6.92 Å². The lowest BCUT2D eigenvalue weighted by Crippen LogP contribution is -2.61. The number of rotatable bonds is 3. The molecule has 0 aromatic heterocycles. The van der Waals surface area contributed by atoms with E-state index in [-0.39, 0.29) is 4.90 Å². The standard InChI is InChI=1S/C10H24OSi2.C7H8O3S/c1-6-7-10-8-9-12(2,3)13(4,5)11-10;1-6-3-2-4-7(5-6)11(8,9)10/h10H,6-9H2,1-5H3;2-5H,1H3,(H,8,9,10). The highest BCUT2D eigenvalue weighted by molar-refractivity contribution is 7.85. The molecule has 1 aliphatic rings. The van der Waals surface area contributed by atoms with E-state index in [1.54, 1.807) is 19.1 Å². The molecule has 2 rings (SSSR count). The summed E-state index contributed by atoms with van der Waals surface area (Å²) < 4.78 is 36.0. The molecule has 1 N–H and O–H groups in total. The van der Waals surface area contributed by atoms with Crippen molar-refractivity contribution >= 4 is 25.5 Å². The smallest absolute Gasteiger partial charge is 0.294 e. The van der Waals surface area contributed by atoms with Crippen LogP contribution in [0.4, 0.5) is 0 Å². The fourth-order valence-corrected chi connectivity index (χ4v) is 10.1. The SMILES string of the molecule is CCCC1CC[Si](C)(C)[Si](C)(C)O1.Cc1cccc(S(=O)(=O)O)c1.